The summed E-state index contributed by atoms with van der Waals surface area (Å²) in [5.74, 6) is -5.28. The van der Waals surface area contributed by atoms with Crippen LogP contribution in [0.25, 0.3) is 22.7 Å². The molecule has 8 aromatic rings. The summed E-state index contributed by atoms with van der Waals surface area (Å²) < 4.78 is 3.40. The highest BCUT2D eigenvalue weighted by Gasteiger charge is 2.31. The molecule has 0 saturated carbocycles. The van der Waals surface area contributed by atoms with Crippen molar-refractivity contribution in [2.75, 3.05) is 28.2 Å². The zero-order valence-corrected chi connectivity index (χ0v) is 40.4. The third kappa shape index (κ3) is 10.3. The van der Waals surface area contributed by atoms with Crippen LogP contribution in [0, 0.1) is 0 Å². The van der Waals surface area contributed by atoms with Gasteiger partial charge in [0.1, 0.15) is 25.6 Å². The molecule has 0 aliphatic heterocycles. The Balaban J connectivity index is 1.18. The Hall–Kier alpha value is -9.37. The number of carboxylic acids is 1. The normalized spacial score (nSPS) is 11.5. The molecule has 13 N–H and O–H groups in total. The van der Waals surface area contributed by atoms with Gasteiger partial charge in [0.25, 0.3) is 45.9 Å². The van der Waals surface area contributed by atoms with E-state index in [1.165, 1.54) is 21.5 Å². The van der Waals surface area contributed by atoms with Gasteiger partial charge in [-0.05, 0) is 25.8 Å². The first kappa shape index (κ1) is 51.0. The molecule has 4 amide bonds. The van der Waals surface area contributed by atoms with E-state index in [1.54, 1.807) is 0 Å². The summed E-state index contributed by atoms with van der Waals surface area (Å²) in [7, 11) is 0. The maximum atomic E-state index is 14.5. The molecule has 0 aliphatic carbocycles. The maximum absolute atomic E-state index is 14.5. The van der Waals surface area contributed by atoms with Crippen LogP contribution in [0.3, 0.4) is 0 Å². The van der Waals surface area contributed by atoms with E-state index in [9.17, 15) is 67.4 Å². The van der Waals surface area contributed by atoms with E-state index in [2.05, 4.69) is 36.2 Å². The van der Waals surface area contributed by atoms with Crippen molar-refractivity contribution in [2.24, 2.45) is 5.73 Å². The van der Waals surface area contributed by atoms with Crippen molar-refractivity contribution < 1.29 is 29.1 Å². The number of nitrogens with two attached hydrogens (primary N) is 2. The second kappa shape index (κ2) is 21.2. The quantitative estimate of drug-likeness (QED) is 0.0532. The topological polar surface area (TPSA) is 425 Å². The SMILES string of the molecule is NCCCC[C@H](NC(=O)c1scc(NC(=O)c2scc(NC(=O)c3scc(NC(=O)c4scc(N)c4-n4ccc(=O)[nH]c4=O)c3-n3ccc(=O)[nH]c3=O)c2-n2ccc(=O)[nH]c2=O)c1-n1ccc(=O)[nH]c1=O)C(=O)O. The first-order chi connectivity index (χ1) is 35.3. The monoisotopic (exact) mass is 1090 g/mol. The van der Waals surface area contributed by atoms with Crippen LogP contribution >= 0.6 is 45.3 Å². The molecule has 0 saturated heterocycles. The average molecular weight is 1090 g/mol. The number of nitrogens with one attached hydrogen (secondary N) is 8. The zero-order valence-electron chi connectivity index (χ0n) is 37.2. The summed E-state index contributed by atoms with van der Waals surface area (Å²) in [6.45, 7) is 0.270. The van der Waals surface area contributed by atoms with Crippen molar-refractivity contribution in [3.63, 3.8) is 0 Å². The van der Waals surface area contributed by atoms with E-state index < -0.39 is 80.6 Å². The number of carbonyl (C=O) groups is 5. The number of nitrogen functional groups attached to an aromatic ring is 1. The van der Waals surface area contributed by atoms with E-state index in [-0.39, 0.29) is 78.0 Å². The average Bonchev–Trinajstić information content (AvgIpc) is 4.15. The Morgan fingerprint density at radius 2 is 0.824 bits per heavy atom. The number of H-pyrrole nitrogens is 4. The molecule has 0 aliphatic rings. The number of carboxylic acid groups (broad SMARTS) is 1. The number of nitrogens with zero attached hydrogens (tertiary/aromatic N) is 4. The number of unbranched alkanes of at least 4 members (excludes halogenated alkanes) is 1. The van der Waals surface area contributed by atoms with Gasteiger partial charge in [0.05, 0.1) is 45.5 Å². The maximum Gasteiger partial charge on any atom is 0.333 e. The molecule has 0 bridgehead atoms. The van der Waals surface area contributed by atoms with Crippen molar-refractivity contribution in [3.05, 3.63) is 173 Å². The molecule has 0 radical (unpaired) electrons. The van der Waals surface area contributed by atoms with Gasteiger partial charge in [-0.25, -0.2) is 24.0 Å². The fraction of sp³-hybridized carbons (Fsp3) is 0.119. The van der Waals surface area contributed by atoms with Gasteiger partial charge in [-0.1, -0.05) is 0 Å². The fourth-order valence-electron chi connectivity index (χ4n) is 7.18. The van der Waals surface area contributed by atoms with E-state index in [0.29, 0.717) is 46.9 Å². The Bertz CT molecular complexity index is 4080. The standard InChI is InChI=1S/C42H34N14O14S4/c43-8-2-1-3-18(38(65)66)45-35(62)31-27(54-10-5-23(58)50-40(54)68)20(15-72-31)47-37(64)33-29(56-12-7-25(60)52-42(56)70)21(16-74-33)48-36(63)32-28(55-11-6-24(59)51-41(55)69)19(14-73-32)46-34(61)30-26(17(44)13-71-30)53-9-4-22(57)49-39(53)67/h4-7,9-16,18H,1-3,8,43-44H2,(H,45,62)(H,46,61)(H,47,64)(H,48,63)(H,65,66)(H,49,57,67)(H,50,58,68)(H,51,59,69)(H,52,60,70)/t18-/m0/s1. The molecule has 74 heavy (non-hydrogen) atoms. The predicted molar refractivity (Wildman–Crippen MR) is 272 cm³/mol. The summed E-state index contributed by atoms with van der Waals surface area (Å²) >= 11 is 2.87. The largest absolute Gasteiger partial charge is 0.480 e. The molecule has 1 atom stereocenters. The predicted octanol–water partition coefficient (Wildman–Crippen LogP) is -0.0595. The lowest BCUT2D eigenvalue weighted by Gasteiger charge is -2.16. The van der Waals surface area contributed by atoms with Crippen LogP contribution in [0.2, 0.25) is 0 Å². The molecule has 0 aromatic carbocycles. The molecule has 0 unspecified atom stereocenters. The van der Waals surface area contributed by atoms with Crippen molar-refractivity contribution in [2.45, 2.75) is 25.3 Å². The molecular weight excluding hydrogens is 1050 g/mol. The van der Waals surface area contributed by atoms with Crippen molar-refractivity contribution >= 4 is 97.7 Å². The fourth-order valence-corrected chi connectivity index (χ4v) is 10.7. The molecule has 32 heteroatoms. The van der Waals surface area contributed by atoms with Crippen molar-refractivity contribution in [1.82, 2.24) is 43.5 Å². The van der Waals surface area contributed by atoms with Crippen molar-refractivity contribution in [3.8, 4) is 22.7 Å². The number of hydrogen-bond acceptors (Lipinski definition) is 19. The highest BCUT2D eigenvalue weighted by atomic mass is 32.1. The van der Waals surface area contributed by atoms with Crippen LogP contribution in [0.15, 0.2) is 109 Å². The van der Waals surface area contributed by atoms with Gasteiger partial charge in [-0.15, -0.1) is 45.3 Å². The Kier molecular flexibility index (Phi) is 14.6. The van der Waals surface area contributed by atoms with Crippen LogP contribution in [0.1, 0.15) is 57.9 Å². The Labute approximate surface area is 423 Å². The third-order valence-corrected chi connectivity index (χ3v) is 14.4. The molecule has 8 rings (SSSR count). The number of anilines is 4. The molecule has 8 heterocycles. The Morgan fingerprint density at radius 1 is 0.500 bits per heavy atom. The van der Waals surface area contributed by atoms with Crippen LogP contribution < -0.4 is 77.7 Å². The van der Waals surface area contributed by atoms with Gasteiger partial charge >= 0.3 is 28.7 Å². The third-order valence-electron chi connectivity index (χ3n) is 10.5. The molecule has 28 nitrogen and oxygen atoms in total. The summed E-state index contributed by atoms with van der Waals surface area (Å²) in [6, 6.07) is 2.48. The van der Waals surface area contributed by atoms with Gasteiger partial charge in [-0.2, -0.15) is 0 Å². The number of carbonyl (C=O) groups excluding carboxylic acids is 4. The summed E-state index contributed by atoms with van der Waals surface area (Å²) in [6.07, 6.45) is 4.94. The number of thiophene rings is 4. The number of rotatable bonds is 17. The van der Waals surface area contributed by atoms with Crippen LogP contribution in [0.5, 0.6) is 0 Å². The minimum absolute atomic E-state index is 0.000250. The highest BCUT2D eigenvalue weighted by Crippen LogP contribution is 2.37. The number of aromatic amines is 4. The number of amides is 4. The van der Waals surface area contributed by atoms with Crippen LogP contribution in [0.4, 0.5) is 22.7 Å². The first-order valence-electron chi connectivity index (χ1n) is 21.0. The van der Waals surface area contributed by atoms with Gasteiger partial charge in [-0.3, -0.25) is 76.6 Å². The lowest BCUT2D eigenvalue weighted by molar-refractivity contribution is -0.139. The lowest BCUT2D eigenvalue weighted by Crippen LogP contribution is -2.41. The number of aliphatic carboxylic acids is 1. The number of aromatic nitrogens is 8. The second-order valence-electron chi connectivity index (χ2n) is 15.3. The molecule has 0 fully saturated rings. The van der Waals surface area contributed by atoms with E-state index >= 15 is 0 Å². The van der Waals surface area contributed by atoms with E-state index in [4.69, 9.17) is 11.5 Å². The van der Waals surface area contributed by atoms with Gasteiger partial charge < -0.3 is 37.8 Å². The van der Waals surface area contributed by atoms with Crippen LogP contribution in [-0.2, 0) is 4.79 Å². The van der Waals surface area contributed by atoms with E-state index in [1.807, 2.05) is 4.98 Å². The Morgan fingerprint density at radius 3 is 1.16 bits per heavy atom. The van der Waals surface area contributed by atoms with Crippen LogP contribution in [-0.4, -0.2) is 85.5 Å². The minimum atomic E-state index is -1.39. The van der Waals surface area contributed by atoms with Gasteiger partial charge in [0.2, 0.25) is 0 Å². The lowest BCUT2D eigenvalue weighted by atomic mass is 10.1. The zero-order chi connectivity index (χ0) is 53.1. The summed E-state index contributed by atoms with van der Waals surface area (Å²) in [5, 5.41) is 25.1. The highest BCUT2D eigenvalue weighted by molar-refractivity contribution is 7.14. The second-order valence-corrected chi connectivity index (χ2v) is 18.8. The summed E-state index contributed by atoms with van der Waals surface area (Å²) in [5.41, 5.74) is 2.68. The smallest absolute Gasteiger partial charge is 0.333 e. The van der Waals surface area contributed by atoms with Gasteiger partial charge in [0, 0.05) is 70.6 Å². The minimum Gasteiger partial charge on any atom is -0.480 e. The van der Waals surface area contributed by atoms with Gasteiger partial charge in [0.15, 0.2) is 0 Å². The molecule has 0 spiro atoms. The van der Waals surface area contributed by atoms with E-state index in [0.717, 1.165) is 78.7 Å². The molecule has 380 valence electrons. The molecular formula is C42H34N14O14S4. The van der Waals surface area contributed by atoms with Crippen molar-refractivity contribution in [1.29, 1.82) is 0 Å². The number of hydrogen-bond donors (Lipinski definition) is 11. The summed E-state index contributed by atoms with van der Waals surface area (Å²) in [4.78, 5) is 177. The molecule has 8 aromatic heterocycles. The first-order valence-corrected chi connectivity index (χ1v) is 24.6.